The molecule has 0 bridgehead atoms. The van der Waals surface area contributed by atoms with Gasteiger partial charge in [0.25, 0.3) is 11.9 Å². The highest BCUT2D eigenvalue weighted by molar-refractivity contribution is 7.87. The number of imidazole rings is 1. The minimum atomic E-state index is -4.16. The lowest BCUT2D eigenvalue weighted by Gasteiger charge is -2.30. The topological polar surface area (TPSA) is 181 Å². The zero-order chi connectivity index (χ0) is 39.7. The Hall–Kier alpha value is -4.18. The molecular weight excluding hydrogens is 715 g/mol. The van der Waals surface area contributed by atoms with E-state index in [9.17, 15) is 27.6 Å². The number of ether oxygens (including phenoxy) is 2. The van der Waals surface area contributed by atoms with E-state index in [4.69, 9.17) is 14.5 Å². The highest BCUT2D eigenvalue weighted by Gasteiger charge is 2.61. The number of para-hydroxylation sites is 1. The number of hydrogen-bond acceptors (Lipinski definition) is 9. The molecule has 54 heavy (non-hydrogen) atoms. The van der Waals surface area contributed by atoms with Crippen molar-refractivity contribution >= 4 is 45.1 Å². The van der Waals surface area contributed by atoms with Gasteiger partial charge in [0.2, 0.25) is 11.8 Å². The molecule has 2 aromatic rings. The molecule has 16 heteroatoms. The van der Waals surface area contributed by atoms with Gasteiger partial charge < -0.3 is 25.0 Å². The van der Waals surface area contributed by atoms with Crippen molar-refractivity contribution in [1.29, 1.82) is 0 Å². The summed E-state index contributed by atoms with van der Waals surface area (Å²) >= 11 is 0. The zero-order valence-corrected chi connectivity index (χ0v) is 33.8. The molecule has 1 saturated heterocycles. The molecule has 0 unspecified atom stereocenters. The van der Waals surface area contributed by atoms with Crippen molar-refractivity contribution in [2.24, 2.45) is 5.92 Å². The Morgan fingerprint density at radius 3 is 2.46 bits per heavy atom. The Morgan fingerprint density at radius 2 is 1.81 bits per heavy atom. The summed E-state index contributed by atoms with van der Waals surface area (Å²) in [7, 11) is -1.56. The van der Waals surface area contributed by atoms with E-state index in [0.717, 1.165) is 33.7 Å². The molecule has 3 heterocycles. The van der Waals surface area contributed by atoms with Crippen LogP contribution in [0.25, 0.3) is 11.0 Å². The second-order valence-corrected chi connectivity index (χ2v) is 18.3. The number of rotatable bonds is 8. The Balaban J connectivity index is 1.52. The number of allylic oxidation sites excluding steroid dienone is 1. The maximum absolute atomic E-state index is 14.5. The number of amides is 4. The van der Waals surface area contributed by atoms with Crippen LogP contribution >= 0.6 is 0 Å². The molecule has 4 amide bonds. The van der Waals surface area contributed by atoms with Crippen molar-refractivity contribution in [2.45, 2.75) is 135 Å². The van der Waals surface area contributed by atoms with Gasteiger partial charge in [0.1, 0.15) is 29.3 Å². The maximum Gasteiger partial charge on any atom is 0.408 e. The van der Waals surface area contributed by atoms with E-state index in [1.54, 1.807) is 20.8 Å². The molecule has 2 fully saturated rings. The van der Waals surface area contributed by atoms with Gasteiger partial charge in [-0.25, -0.2) is 9.52 Å². The summed E-state index contributed by atoms with van der Waals surface area (Å²) in [4.78, 5) is 61.9. The van der Waals surface area contributed by atoms with E-state index in [2.05, 4.69) is 35.3 Å². The number of carbonyl (C=O) groups excluding carboxylic acids is 4. The van der Waals surface area contributed by atoms with E-state index in [0.29, 0.717) is 25.3 Å². The zero-order valence-electron chi connectivity index (χ0n) is 33.0. The lowest BCUT2D eigenvalue weighted by atomic mass is 10.0. The summed E-state index contributed by atoms with van der Waals surface area (Å²) in [5.41, 5.74) is 0.482. The van der Waals surface area contributed by atoms with Gasteiger partial charge in [-0.15, -0.1) is 0 Å². The third kappa shape index (κ3) is 9.02. The molecule has 5 rings (SSSR count). The van der Waals surface area contributed by atoms with E-state index in [-0.39, 0.29) is 31.3 Å². The standard InChI is InChI=1S/C38H57N7O8S/c1-23(2)27-17-15-19-28-31(27)45(24(3)4)35(39-28)52-26-20-30-32(46)41-38(34(48)42-54(50,51)43(8)9)21-25(38)16-13-11-10-12-14-18-29(33(47)44(30)22-26)40-36(49)53-37(5,6)7/h13,15-17,19,23-26,29-30H,10-12,14,18,20-22H2,1-9H3,(H,40,49)(H,41,46)(H,42,48)/b16-13-/t25-,26-,29+,30+,38-/m1/s1. The van der Waals surface area contributed by atoms with Crippen molar-refractivity contribution in [3.05, 3.63) is 35.9 Å². The van der Waals surface area contributed by atoms with E-state index in [1.165, 1.54) is 19.0 Å². The van der Waals surface area contributed by atoms with Crippen LogP contribution in [0.1, 0.15) is 111 Å². The quantitative estimate of drug-likeness (QED) is 0.330. The molecule has 1 aromatic heterocycles. The minimum Gasteiger partial charge on any atom is -0.459 e. The fourth-order valence-electron chi connectivity index (χ4n) is 7.25. The van der Waals surface area contributed by atoms with Crippen LogP contribution in [0.4, 0.5) is 4.79 Å². The van der Waals surface area contributed by atoms with Gasteiger partial charge in [-0.05, 0) is 77.8 Å². The lowest BCUT2D eigenvalue weighted by molar-refractivity contribution is -0.141. The van der Waals surface area contributed by atoms with Crippen molar-refractivity contribution in [2.75, 3.05) is 20.6 Å². The first-order chi connectivity index (χ1) is 25.2. The molecule has 0 radical (unpaired) electrons. The summed E-state index contributed by atoms with van der Waals surface area (Å²) in [6.45, 7) is 13.5. The minimum absolute atomic E-state index is 0.000701. The first kappa shape index (κ1) is 41.0. The number of aromatic nitrogens is 2. The molecule has 1 saturated carbocycles. The molecular formula is C38H57N7O8S. The fraction of sp³-hybridized carbons (Fsp3) is 0.658. The summed E-state index contributed by atoms with van der Waals surface area (Å²) in [6.07, 6.45) is 5.76. The molecule has 3 N–H and O–H groups in total. The van der Waals surface area contributed by atoms with Crippen LogP contribution in [0, 0.1) is 5.92 Å². The smallest absolute Gasteiger partial charge is 0.408 e. The number of alkyl carbamates (subject to hydrolysis) is 1. The monoisotopic (exact) mass is 771 g/mol. The number of carbonyl (C=O) groups is 4. The van der Waals surface area contributed by atoms with Gasteiger partial charge in [-0.3, -0.25) is 19.0 Å². The summed E-state index contributed by atoms with van der Waals surface area (Å²) < 4.78 is 42.6. The average molecular weight is 772 g/mol. The normalized spacial score (nSPS) is 26.1. The third-order valence-electron chi connectivity index (χ3n) is 10.2. The molecule has 1 aliphatic carbocycles. The van der Waals surface area contributed by atoms with Crippen molar-refractivity contribution in [3.8, 4) is 6.01 Å². The average Bonchev–Trinajstić information content (AvgIpc) is 3.38. The van der Waals surface area contributed by atoms with Gasteiger partial charge >= 0.3 is 16.3 Å². The molecule has 2 aliphatic heterocycles. The van der Waals surface area contributed by atoms with Crippen LogP contribution in [-0.4, -0.2) is 101 Å². The van der Waals surface area contributed by atoms with E-state index in [1.807, 2.05) is 42.7 Å². The van der Waals surface area contributed by atoms with Crippen molar-refractivity contribution in [3.63, 3.8) is 0 Å². The Kier molecular flexibility index (Phi) is 12.1. The SMILES string of the molecule is CC(C)c1cccc2nc(O[C@@H]3C[C@H]4C(=O)N[C@]5(C(=O)NS(=O)(=O)N(C)C)C[C@H]5/C=C\CCCCC[C@H](NC(=O)OC(C)(C)C)C(=O)N4C3)n(C(C)C)c12. The predicted molar refractivity (Wildman–Crippen MR) is 204 cm³/mol. The maximum atomic E-state index is 14.5. The molecule has 1 aromatic carbocycles. The van der Waals surface area contributed by atoms with Gasteiger partial charge in [0, 0.05) is 32.5 Å². The van der Waals surface area contributed by atoms with Gasteiger partial charge in [0.05, 0.1) is 17.6 Å². The first-order valence-electron chi connectivity index (χ1n) is 18.9. The summed E-state index contributed by atoms with van der Waals surface area (Å²) in [6, 6.07) is 4.17. The molecule has 15 nitrogen and oxygen atoms in total. The van der Waals surface area contributed by atoms with Gasteiger partial charge in [-0.1, -0.05) is 51.0 Å². The number of benzene rings is 1. The second-order valence-electron chi connectivity index (χ2n) is 16.5. The van der Waals surface area contributed by atoms with Crippen LogP contribution in [0.5, 0.6) is 6.01 Å². The summed E-state index contributed by atoms with van der Waals surface area (Å²) in [5.74, 6) is -2.21. The van der Waals surface area contributed by atoms with Crippen molar-refractivity contribution in [1.82, 2.24) is 34.1 Å². The Bertz CT molecular complexity index is 1880. The molecule has 298 valence electrons. The van der Waals surface area contributed by atoms with Crippen LogP contribution < -0.4 is 20.1 Å². The van der Waals surface area contributed by atoms with Crippen molar-refractivity contribution < 1.29 is 37.1 Å². The Morgan fingerprint density at radius 1 is 1.09 bits per heavy atom. The number of nitrogens with zero attached hydrogens (tertiary/aromatic N) is 4. The van der Waals surface area contributed by atoms with Crippen LogP contribution in [0.15, 0.2) is 30.4 Å². The molecule has 5 atom stereocenters. The van der Waals surface area contributed by atoms with Crippen LogP contribution in [0.2, 0.25) is 0 Å². The van der Waals surface area contributed by atoms with Crippen LogP contribution in [-0.2, 0) is 29.3 Å². The fourth-order valence-corrected chi connectivity index (χ4v) is 7.84. The summed E-state index contributed by atoms with van der Waals surface area (Å²) in [5, 5.41) is 5.62. The molecule has 0 spiro atoms. The highest BCUT2D eigenvalue weighted by Crippen LogP contribution is 2.46. The largest absolute Gasteiger partial charge is 0.459 e. The molecule has 3 aliphatic rings. The predicted octanol–water partition coefficient (Wildman–Crippen LogP) is 4.30. The van der Waals surface area contributed by atoms with E-state index >= 15 is 0 Å². The number of hydrogen-bond donors (Lipinski definition) is 3. The Labute approximate surface area is 318 Å². The first-order valence-corrected chi connectivity index (χ1v) is 20.4. The number of nitrogens with one attached hydrogen (secondary N) is 3. The highest BCUT2D eigenvalue weighted by atomic mass is 32.2. The third-order valence-corrected chi connectivity index (χ3v) is 11.6. The second kappa shape index (κ2) is 15.9. The van der Waals surface area contributed by atoms with Gasteiger partial charge in [0.15, 0.2) is 0 Å². The van der Waals surface area contributed by atoms with Crippen LogP contribution in [0.3, 0.4) is 0 Å². The van der Waals surface area contributed by atoms with Gasteiger partial charge in [-0.2, -0.15) is 17.7 Å². The van der Waals surface area contributed by atoms with E-state index < -0.39 is 69.3 Å². The number of fused-ring (bicyclic) bond motifs is 3. The lowest BCUT2D eigenvalue weighted by Crippen LogP contribution is -2.58.